The van der Waals surface area contributed by atoms with Crippen molar-refractivity contribution < 1.29 is 13.7 Å². The van der Waals surface area contributed by atoms with Gasteiger partial charge in [-0.3, -0.25) is 0 Å². The summed E-state index contributed by atoms with van der Waals surface area (Å²) >= 11 is 0. The highest BCUT2D eigenvalue weighted by molar-refractivity contribution is 6.64. The van der Waals surface area contributed by atoms with Gasteiger partial charge in [0.05, 0.1) is 0 Å². The van der Waals surface area contributed by atoms with E-state index in [9.17, 15) is 4.39 Å². The van der Waals surface area contributed by atoms with Crippen molar-refractivity contribution in [1.82, 2.24) is 0 Å². The lowest BCUT2D eigenvalue weighted by Gasteiger charge is -2.33. The topological polar surface area (TPSA) is 18.5 Å². The van der Waals surface area contributed by atoms with E-state index in [1.807, 2.05) is 18.2 Å². The minimum atomic E-state index is -0.404. The fraction of sp³-hybridized carbons (Fsp3) is 0.333. The molecule has 4 heteroatoms. The molecular weight excluding hydrogens is 242 g/mol. The summed E-state index contributed by atoms with van der Waals surface area (Å²) in [5.74, 6) is -0.213. The van der Waals surface area contributed by atoms with Crippen LogP contribution in [0.25, 0.3) is 10.8 Å². The van der Waals surface area contributed by atoms with E-state index in [4.69, 9.17) is 9.31 Å². The molecule has 0 radical (unpaired) electrons. The average molecular weight is 258 g/mol. The molecule has 2 nitrogen and oxygen atoms in total. The first-order valence-electron chi connectivity index (χ1n) is 6.47. The predicted octanol–water partition coefficient (Wildman–Crippen LogP) is 2.75. The van der Waals surface area contributed by atoms with Crippen molar-refractivity contribution in [3.8, 4) is 0 Å². The Hall–Kier alpha value is -1.39. The number of hydrogen-bond donors (Lipinski definition) is 0. The largest absolute Gasteiger partial charge is 0.494 e. The van der Waals surface area contributed by atoms with Crippen LogP contribution in [0, 0.1) is 11.2 Å². The van der Waals surface area contributed by atoms with E-state index >= 15 is 0 Å². The first kappa shape index (κ1) is 12.6. The maximum absolute atomic E-state index is 13.8. The molecule has 0 aliphatic carbocycles. The number of benzene rings is 2. The lowest BCUT2D eigenvalue weighted by atomic mass is 9.73. The van der Waals surface area contributed by atoms with Gasteiger partial charge in [-0.2, -0.15) is 0 Å². The number of hydrogen-bond acceptors (Lipinski definition) is 2. The van der Waals surface area contributed by atoms with Gasteiger partial charge in [0.25, 0.3) is 0 Å². The Balaban J connectivity index is 2.00. The zero-order valence-corrected chi connectivity index (χ0v) is 11.2. The zero-order valence-electron chi connectivity index (χ0n) is 11.2. The minimum Gasteiger partial charge on any atom is -0.407 e. The van der Waals surface area contributed by atoms with Gasteiger partial charge in [-0.1, -0.05) is 44.2 Å². The molecule has 0 atom stereocenters. The maximum atomic E-state index is 13.8. The highest BCUT2D eigenvalue weighted by atomic mass is 19.1. The number of rotatable bonds is 1. The summed E-state index contributed by atoms with van der Waals surface area (Å²) in [6, 6.07) is 10.6. The van der Waals surface area contributed by atoms with Crippen molar-refractivity contribution in [1.29, 1.82) is 0 Å². The van der Waals surface area contributed by atoms with Crippen LogP contribution in [0.3, 0.4) is 0 Å². The Bertz CT molecular complexity index is 602. The quantitative estimate of drug-likeness (QED) is 0.732. The molecule has 2 aromatic rings. The lowest BCUT2D eigenvalue weighted by molar-refractivity contribution is 0.0344. The van der Waals surface area contributed by atoms with Gasteiger partial charge in [0.15, 0.2) is 0 Å². The third-order valence-electron chi connectivity index (χ3n) is 3.41. The standard InChI is InChI=1S/C15H16BFO2/c1-15(2)9-18-16(19-10-15)13-7-8-14(17)12-6-4-3-5-11(12)13/h3-8H,9-10H2,1-2H3. The molecule has 0 N–H and O–H groups in total. The predicted molar refractivity (Wildman–Crippen MR) is 75.0 cm³/mol. The Morgan fingerprint density at radius 1 is 1.00 bits per heavy atom. The van der Waals surface area contributed by atoms with E-state index in [2.05, 4.69) is 13.8 Å². The van der Waals surface area contributed by atoms with E-state index in [0.29, 0.717) is 18.6 Å². The maximum Gasteiger partial charge on any atom is 0.494 e. The van der Waals surface area contributed by atoms with Crippen molar-refractivity contribution >= 4 is 23.4 Å². The molecule has 1 saturated heterocycles. The van der Waals surface area contributed by atoms with E-state index in [-0.39, 0.29) is 11.2 Å². The highest BCUT2D eigenvalue weighted by Crippen LogP contribution is 2.23. The van der Waals surface area contributed by atoms with Crippen molar-refractivity contribution in [2.45, 2.75) is 13.8 Å². The summed E-state index contributed by atoms with van der Waals surface area (Å²) < 4.78 is 25.3. The van der Waals surface area contributed by atoms with Crippen LogP contribution in [0.1, 0.15) is 13.8 Å². The summed E-state index contributed by atoms with van der Waals surface area (Å²) in [5, 5.41) is 1.46. The second-order valence-electron chi connectivity index (χ2n) is 5.80. The minimum absolute atomic E-state index is 0.0341. The normalized spacial score (nSPS) is 18.8. The van der Waals surface area contributed by atoms with E-state index in [0.717, 1.165) is 10.8 Å². The third kappa shape index (κ3) is 2.38. The summed E-state index contributed by atoms with van der Waals surface area (Å²) in [6.45, 7) is 5.49. The van der Waals surface area contributed by atoms with Crippen molar-refractivity contribution in [2.24, 2.45) is 5.41 Å². The van der Waals surface area contributed by atoms with Gasteiger partial charge in [-0.25, -0.2) is 4.39 Å². The fourth-order valence-corrected chi connectivity index (χ4v) is 2.36. The van der Waals surface area contributed by atoms with Gasteiger partial charge in [0.1, 0.15) is 5.82 Å². The Kier molecular flexibility index (Phi) is 3.07. The van der Waals surface area contributed by atoms with Crippen LogP contribution in [0.15, 0.2) is 36.4 Å². The van der Waals surface area contributed by atoms with Crippen molar-refractivity contribution in [3.63, 3.8) is 0 Å². The lowest BCUT2D eigenvalue weighted by Crippen LogP contribution is -2.47. The van der Waals surface area contributed by atoms with Crippen LogP contribution in [-0.4, -0.2) is 20.3 Å². The first-order chi connectivity index (χ1) is 9.07. The smallest absolute Gasteiger partial charge is 0.407 e. The van der Waals surface area contributed by atoms with Crippen molar-refractivity contribution in [3.05, 3.63) is 42.2 Å². The van der Waals surface area contributed by atoms with Crippen molar-refractivity contribution in [2.75, 3.05) is 13.2 Å². The van der Waals surface area contributed by atoms with Gasteiger partial charge in [-0.05, 0) is 16.9 Å². The molecule has 2 aromatic carbocycles. The van der Waals surface area contributed by atoms with E-state index < -0.39 is 7.12 Å². The molecule has 1 heterocycles. The molecule has 0 aromatic heterocycles. The highest BCUT2D eigenvalue weighted by Gasteiger charge is 2.34. The summed E-state index contributed by atoms with van der Waals surface area (Å²) in [4.78, 5) is 0. The Labute approximate surface area is 112 Å². The molecule has 0 amide bonds. The molecular formula is C15H16BFO2. The first-order valence-corrected chi connectivity index (χ1v) is 6.47. The molecule has 1 aliphatic rings. The Morgan fingerprint density at radius 2 is 1.63 bits per heavy atom. The van der Waals surface area contributed by atoms with Gasteiger partial charge in [-0.15, -0.1) is 0 Å². The van der Waals surface area contributed by atoms with E-state index in [1.54, 1.807) is 12.1 Å². The molecule has 1 fully saturated rings. The third-order valence-corrected chi connectivity index (χ3v) is 3.41. The van der Waals surface area contributed by atoms with Gasteiger partial charge >= 0.3 is 7.12 Å². The van der Waals surface area contributed by atoms with Crippen LogP contribution < -0.4 is 5.46 Å². The van der Waals surface area contributed by atoms with Gasteiger partial charge in [0.2, 0.25) is 0 Å². The van der Waals surface area contributed by atoms with Crippen LogP contribution >= 0.6 is 0 Å². The molecule has 19 heavy (non-hydrogen) atoms. The van der Waals surface area contributed by atoms with Crippen LogP contribution in [0.4, 0.5) is 4.39 Å². The van der Waals surface area contributed by atoms with Gasteiger partial charge in [0, 0.05) is 24.0 Å². The number of fused-ring (bicyclic) bond motifs is 1. The summed E-state index contributed by atoms with van der Waals surface area (Å²) in [6.07, 6.45) is 0. The fourth-order valence-electron chi connectivity index (χ4n) is 2.36. The van der Waals surface area contributed by atoms with Crippen LogP contribution in [0.5, 0.6) is 0 Å². The molecule has 0 bridgehead atoms. The van der Waals surface area contributed by atoms with Gasteiger partial charge < -0.3 is 9.31 Å². The average Bonchev–Trinajstić information content (AvgIpc) is 2.40. The Morgan fingerprint density at radius 3 is 2.32 bits per heavy atom. The molecule has 0 unspecified atom stereocenters. The molecule has 98 valence electrons. The second-order valence-corrected chi connectivity index (χ2v) is 5.80. The van der Waals surface area contributed by atoms with E-state index in [1.165, 1.54) is 6.07 Å². The molecule has 3 rings (SSSR count). The van der Waals surface area contributed by atoms with Crippen LogP contribution in [0.2, 0.25) is 0 Å². The molecule has 1 aliphatic heterocycles. The van der Waals surface area contributed by atoms with Crippen LogP contribution in [-0.2, 0) is 9.31 Å². The second kappa shape index (κ2) is 4.62. The SMILES string of the molecule is CC1(C)COB(c2ccc(F)c3ccccc23)OC1. The zero-order chi connectivity index (χ0) is 13.5. The monoisotopic (exact) mass is 258 g/mol. The molecule has 0 spiro atoms. The molecule has 0 saturated carbocycles. The number of halogens is 1. The summed E-state index contributed by atoms with van der Waals surface area (Å²) in [7, 11) is -0.404. The summed E-state index contributed by atoms with van der Waals surface area (Å²) in [5.41, 5.74) is 0.930.